The zero-order valence-corrected chi connectivity index (χ0v) is 18.2. The predicted octanol–water partition coefficient (Wildman–Crippen LogP) is 3.41. The second-order valence-corrected chi connectivity index (χ2v) is 9.02. The first-order valence-electron chi connectivity index (χ1n) is 11.0. The number of likely N-dealkylation sites (tertiary alicyclic amines) is 1. The summed E-state index contributed by atoms with van der Waals surface area (Å²) < 4.78 is 5.84. The van der Waals surface area contributed by atoms with Gasteiger partial charge in [-0.05, 0) is 65.1 Å². The molecule has 2 aromatic rings. The molecule has 1 aliphatic carbocycles. The van der Waals surface area contributed by atoms with Crippen LogP contribution in [0.5, 0.6) is 5.75 Å². The van der Waals surface area contributed by atoms with Gasteiger partial charge >= 0.3 is 0 Å². The van der Waals surface area contributed by atoms with Crippen molar-refractivity contribution in [3.8, 4) is 5.75 Å². The highest BCUT2D eigenvalue weighted by atomic mass is 16.5. The monoisotopic (exact) mass is 430 g/mol. The number of ether oxygens (including phenoxy) is 1. The molecule has 0 spiro atoms. The minimum atomic E-state index is -0.542. The van der Waals surface area contributed by atoms with Crippen LogP contribution in [-0.2, 0) is 9.59 Å². The Morgan fingerprint density at radius 1 is 1.28 bits per heavy atom. The minimum absolute atomic E-state index is 0.00487. The standard InChI is InChI=1S/C25H26N4O3/c1-15(2)23-25(31)28-24-21(32-23)9-16(12-27-24)3-4-22(30)29-13-19-10-18(11-20(19)14-29)17-5-7-26-8-6-17/h3-10,12,15,19-20,23H,11,13-14H2,1-2H3,(H,27,28,31)/b4-3+. The van der Waals surface area contributed by atoms with E-state index in [0.717, 1.165) is 25.1 Å². The molecule has 1 N–H and O–H groups in total. The summed E-state index contributed by atoms with van der Waals surface area (Å²) in [7, 11) is 0. The maximum Gasteiger partial charge on any atom is 0.266 e. The van der Waals surface area contributed by atoms with Crippen LogP contribution in [0.4, 0.5) is 5.82 Å². The van der Waals surface area contributed by atoms with Gasteiger partial charge in [-0.1, -0.05) is 19.9 Å². The summed E-state index contributed by atoms with van der Waals surface area (Å²) in [5.74, 6) is 1.70. The first-order chi connectivity index (χ1) is 15.5. The quantitative estimate of drug-likeness (QED) is 0.752. The number of hydrogen-bond acceptors (Lipinski definition) is 5. The third-order valence-electron chi connectivity index (χ3n) is 6.40. The number of pyridine rings is 2. The number of amides is 2. The molecule has 0 aromatic carbocycles. The lowest BCUT2D eigenvalue weighted by molar-refractivity contribution is -0.126. The number of allylic oxidation sites excluding steroid dienone is 1. The number of fused-ring (bicyclic) bond motifs is 2. The molecule has 1 fully saturated rings. The molecule has 3 unspecified atom stereocenters. The van der Waals surface area contributed by atoms with E-state index in [-0.39, 0.29) is 17.7 Å². The Morgan fingerprint density at radius 2 is 2.09 bits per heavy atom. The zero-order chi connectivity index (χ0) is 22.2. The molecule has 2 amide bonds. The highest BCUT2D eigenvalue weighted by Crippen LogP contribution is 2.41. The van der Waals surface area contributed by atoms with E-state index < -0.39 is 6.10 Å². The second kappa shape index (κ2) is 8.22. The van der Waals surface area contributed by atoms with Crippen LogP contribution in [0.2, 0.25) is 0 Å². The average molecular weight is 431 g/mol. The summed E-state index contributed by atoms with van der Waals surface area (Å²) in [5, 5.41) is 2.78. The van der Waals surface area contributed by atoms with Crippen LogP contribution in [0.15, 0.2) is 48.9 Å². The third-order valence-corrected chi connectivity index (χ3v) is 6.40. The van der Waals surface area contributed by atoms with E-state index in [1.165, 1.54) is 11.1 Å². The van der Waals surface area contributed by atoms with Gasteiger partial charge in [-0.15, -0.1) is 0 Å². The lowest BCUT2D eigenvalue weighted by atomic mass is 9.99. The molecule has 32 heavy (non-hydrogen) atoms. The third kappa shape index (κ3) is 3.90. The lowest BCUT2D eigenvalue weighted by Crippen LogP contribution is -2.40. The van der Waals surface area contributed by atoms with Crippen molar-refractivity contribution in [3.05, 3.63) is 60.1 Å². The van der Waals surface area contributed by atoms with E-state index in [2.05, 4.69) is 21.4 Å². The van der Waals surface area contributed by atoms with Gasteiger partial charge in [0.05, 0.1) is 0 Å². The summed E-state index contributed by atoms with van der Waals surface area (Å²) in [6, 6.07) is 5.90. The van der Waals surface area contributed by atoms with Gasteiger partial charge in [0.15, 0.2) is 17.7 Å². The van der Waals surface area contributed by atoms with Crippen molar-refractivity contribution >= 4 is 29.3 Å². The Balaban J connectivity index is 1.23. The zero-order valence-electron chi connectivity index (χ0n) is 18.2. The molecule has 1 saturated heterocycles. The largest absolute Gasteiger partial charge is 0.476 e. The second-order valence-electron chi connectivity index (χ2n) is 9.02. The number of anilines is 1. The lowest BCUT2D eigenvalue weighted by Gasteiger charge is -2.27. The minimum Gasteiger partial charge on any atom is -0.476 e. The Kier molecular flexibility index (Phi) is 5.25. The molecular weight excluding hydrogens is 404 g/mol. The summed E-state index contributed by atoms with van der Waals surface area (Å²) in [5.41, 5.74) is 3.34. The SMILES string of the molecule is CC(C)C1Oc2cc(/C=C/C(=O)N3CC4C=C(c5ccncc5)CC4C3)cnc2NC1=O. The van der Waals surface area contributed by atoms with Crippen molar-refractivity contribution in [2.45, 2.75) is 26.4 Å². The Labute approximate surface area is 187 Å². The molecule has 164 valence electrons. The molecule has 0 bridgehead atoms. The maximum absolute atomic E-state index is 12.8. The predicted molar refractivity (Wildman–Crippen MR) is 122 cm³/mol. The molecule has 4 heterocycles. The van der Waals surface area contributed by atoms with E-state index in [4.69, 9.17) is 4.74 Å². The van der Waals surface area contributed by atoms with Gasteiger partial charge < -0.3 is 15.0 Å². The molecule has 3 aliphatic rings. The smallest absolute Gasteiger partial charge is 0.266 e. The molecule has 0 radical (unpaired) electrons. The topological polar surface area (TPSA) is 84.4 Å². The summed E-state index contributed by atoms with van der Waals surface area (Å²) in [4.78, 5) is 35.1. The summed E-state index contributed by atoms with van der Waals surface area (Å²) in [6.45, 7) is 5.39. The van der Waals surface area contributed by atoms with Gasteiger partial charge in [0.1, 0.15) is 0 Å². The van der Waals surface area contributed by atoms with Crippen molar-refractivity contribution < 1.29 is 14.3 Å². The van der Waals surface area contributed by atoms with Gasteiger partial charge in [0, 0.05) is 37.8 Å². The number of carbonyl (C=O) groups excluding carboxylic acids is 2. The number of nitrogens with one attached hydrogen (secondary N) is 1. The van der Waals surface area contributed by atoms with Crippen LogP contribution < -0.4 is 10.1 Å². The molecule has 0 saturated carbocycles. The molecular formula is C25H26N4O3. The van der Waals surface area contributed by atoms with Gasteiger partial charge in [-0.25, -0.2) is 4.98 Å². The Morgan fingerprint density at radius 3 is 2.84 bits per heavy atom. The molecule has 5 rings (SSSR count). The molecule has 2 aliphatic heterocycles. The average Bonchev–Trinajstić information content (AvgIpc) is 3.37. The molecule has 3 atom stereocenters. The van der Waals surface area contributed by atoms with Crippen molar-refractivity contribution in [3.63, 3.8) is 0 Å². The first-order valence-corrected chi connectivity index (χ1v) is 11.0. The van der Waals surface area contributed by atoms with Crippen LogP contribution in [-0.4, -0.2) is 45.9 Å². The maximum atomic E-state index is 12.8. The van der Waals surface area contributed by atoms with Crippen LogP contribution in [0.3, 0.4) is 0 Å². The number of carbonyl (C=O) groups is 2. The highest BCUT2D eigenvalue weighted by Gasteiger charge is 2.37. The molecule has 2 aromatic heterocycles. The molecule has 7 heteroatoms. The summed E-state index contributed by atoms with van der Waals surface area (Å²) in [6.07, 6.45) is 11.4. The van der Waals surface area contributed by atoms with Gasteiger partial charge in [-0.3, -0.25) is 14.6 Å². The van der Waals surface area contributed by atoms with Crippen LogP contribution in [0.1, 0.15) is 31.4 Å². The number of nitrogens with zero attached hydrogens (tertiary/aromatic N) is 3. The van der Waals surface area contributed by atoms with Crippen molar-refractivity contribution in [1.82, 2.24) is 14.9 Å². The van der Waals surface area contributed by atoms with Crippen molar-refractivity contribution in [2.75, 3.05) is 18.4 Å². The van der Waals surface area contributed by atoms with Crippen molar-refractivity contribution in [1.29, 1.82) is 0 Å². The van der Waals surface area contributed by atoms with E-state index in [1.807, 2.05) is 49.3 Å². The first kappa shape index (κ1) is 20.4. The fourth-order valence-electron chi connectivity index (χ4n) is 4.69. The van der Waals surface area contributed by atoms with Crippen LogP contribution >= 0.6 is 0 Å². The van der Waals surface area contributed by atoms with Gasteiger partial charge in [0.25, 0.3) is 5.91 Å². The molecule has 7 nitrogen and oxygen atoms in total. The van der Waals surface area contributed by atoms with Crippen LogP contribution in [0, 0.1) is 17.8 Å². The van der Waals surface area contributed by atoms with E-state index in [9.17, 15) is 9.59 Å². The number of rotatable bonds is 4. The normalized spacial score (nSPS) is 24.2. The fraction of sp³-hybridized carbons (Fsp3) is 0.360. The van der Waals surface area contributed by atoms with E-state index >= 15 is 0 Å². The van der Waals surface area contributed by atoms with Gasteiger partial charge in [-0.2, -0.15) is 0 Å². The van der Waals surface area contributed by atoms with E-state index in [1.54, 1.807) is 18.3 Å². The van der Waals surface area contributed by atoms with E-state index in [0.29, 0.717) is 23.4 Å². The van der Waals surface area contributed by atoms with Crippen molar-refractivity contribution in [2.24, 2.45) is 17.8 Å². The van der Waals surface area contributed by atoms with Crippen LogP contribution in [0.25, 0.3) is 11.6 Å². The fourth-order valence-corrected chi connectivity index (χ4v) is 4.69. The highest BCUT2D eigenvalue weighted by molar-refractivity contribution is 5.97. The summed E-state index contributed by atoms with van der Waals surface area (Å²) >= 11 is 0. The number of hydrogen-bond donors (Lipinski definition) is 1. The Hall–Kier alpha value is -3.48. The number of aromatic nitrogens is 2. The Bertz CT molecular complexity index is 1110. The van der Waals surface area contributed by atoms with Gasteiger partial charge in [0.2, 0.25) is 5.91 Å².